The van der Waals surface area contributed by atoms with E-state index in [1.165, 1.54) is 23.5 Å². The maximum atomic E-state index is 11.9. The fraction of sp³-hybridized carbons (Fsp3) is 0.214. The van der Waals surface area contributed by atoms with Crippen LogP contribution in [0.2, 0.25) is 5.02 Å². The molecule has 0 aliphatic rings. The zero-order valence-electron chi connectivity index (χ0n) is 11.8. The van der Waals surface area contributed by atoms with Gasteiger partial charge in [0.25, 0.3) is 5.91 Å². The first-order chi connectivity index (χ1) is 11.2. The Labute approximate surface area is 137 Å². The molecule has 0 saturated heterocycles. The first-order valence-electron chi connectivity index (χ1n) is 6.40. The van der Waals surface area contributed by atoms with E-state index in [9.17, 15) is 27.6 Å². The number of hydrogen-bond acceptors (Lipinski definition) is 5. The third-order valence-corrected chi connectivity index (χ3v) is 2.95. The average molecular weight is 364 g/mol. The van der Waals surface area contributed by atoms with Crippen molar-refractivity contribution in [3.8, 4) is 0 Å². The van der Waals surface area contributed by atoms with Crippen molar-refractivity contribution in [3.63, 3.8) is 0 Å². The highest BCUT2D eigenvalue weighted by Crippen LogP contribution is 2.18. The van der Waals surface area contributed by atoms with E-state index in [-0.39, 0.29) is 11.0 Å². The van der Waals surface area contributed by atoms with Crippen LogP contribution in [0.25, 0.3) is 11.0 Å². The van der Waals surface area contributed by atoms with Crippen LogP contribution in [0.3, 0.4) is 0 Å². The number of benzene rings is 1. The molecule has 1 aromatic heterocycles. The molecular weight excluding hydrogens is 355 g/mol. The highest BCUT2D eigenvalue weighted by Gasteiger charge is 2.28. The molecule has 0 radical (unpaired) electrons. The minimum atomic E-state index is -4.58. The Hall–Kier alpha value is -2.55. The quantitative estimate of drug-likeness (QED) is 0.842. The van der Waals surface area contributed by atoms with E-state index in [2.05, 4.69) is 4.74 Å². The number of rotatable bonds is 4. The first kappa shape index (κ1) is 17.8. The molecule has 24 heavy (non-hydrogen) atoms. The zero-order chi connectivity index (χ0) is 17.9. The molecule has 1 aromatic carbocycles. The Morgan fingerprint density at radius 3 is 2.62 bits per heavy atom. The molecule has 0 aliphatic heterocycles. The largest absolute Gasteiger partial charge is 0.450 e. The van der Waals surface area contributed by atoms with Crippen LogP contribution in [-0.4, -0.2) is 31.2 Å². The van der Waals surface area contributed by atoms with Crippen molar-refractivity contribution in [2.75, 3.05) is 13.2 Å². The van der Waals surface area contributed by atoms with Crippen molar-refractivity contribution in [1.29, 1.82) is 0 Å². The Bertz CT molecular complexity index is 846. The number of alkyl halides is 3. The van der Waals surface area contributed by atoms with Gasteiger partial charge in [0.15, 0.2) is 12.0 Å². The summed E-state index contributed by atoms with van der Waals surface area (Å²) in [6.45, 7) is -2.49. The van der Waals surface area contributed by atoms with Gasteiger partial charge in [-0.25, -0.2) is 4.79 Å². The van der Waals surface area contributed by atoms with Crippen molar-refractivity contribution in [2.45, 2.75) is 6.18 Å². The SMILES string of the molecule is O=C(COC(=O)c1cc(=O)c2cc(Cl)ccc2o1)NCC(F)(F)F. The summed E-state index contributed by atoms with van der Waals surface area (Å²) < 4.78 is 45.4. The number of halogens is 4. The number of nitrogens with one attached hydrogen (secondary N) is 1. The number of hydrogen-bond donors (Lipinski definition) is 1. The molecule has 2 aromatic rings. The number of amides is 1. The maximum Gasteiger partial charge on any atom is 0.405 e. The summed E-state index contributed by atoms with van der Waals surface area (Å²) in [5, 5.41) is 1.97. The van der Waals surface area contributed by atoms with Gasteiger partial charge in [0.2, 0.25) is 5.76 Å². The Morgan fingerprint density at radius 1 is 1.25 bits per heavy atom. The lowest BCUT2D eigenvalue weighted by atomic mass is 10.2. The predicted octanol–water partition coefficient (Wildman–Crippen LogP) is 2.28. The Balaban J connectivity index is 2.05. The van der Waals surface area contributed by atoms with Crippen LogP contribution in [0.1, 0.15) is 10.6 Å². The van der Waals surface area contributed by atoms with Crippen LogP contribution in [0.4, 0.5) is 13.2 Å². The lowest BCUT2D eigenvalue weighted by Gasteiger charge is -2.08. The van der Waals surface area contributed by atoms with E-state index in [0.29, 0.717) is 5.02 Å². The van der Waals surface area contributed by atoms with Crippen molar-refractivity contribution in [1.82, 2.24) is 5.32 Å². The van der Waals surface area contributed by atoms with Crippen molar-refractivity contribution < 1.29 is 31.9 Å². The monoisotopic (exact) mass is 363 g/mol. The maximum absolute atomic E-state index is 11.9. The molecule has 1 N–H and O–H groups in total. The van der Waals surface area contributed by atoms with Gasteiger partial charge in [-0.1, -0.05) is 11.6 Å². The molecule has 1 amide bonds. The number of esters is 1. The van der Waals surface area contributed by atoms with Gasteiger partial charge >= 0.3 is 12.1 Å². The normalized spacial score (nSPS) is 11.3. The van der Waals surface area contributed by atoms with Crippen molar-refractivity contribution in [2.24, 2.45) is 0 Å². The molecule has 0 spiro atoms. The standard InChI is InChI=1S/C14H9ClF3NO5/c15-7-1-2-10-8(3-7)9(20)4-11(24-10)13(22)23-5-12(21)19-6-14(16,17)18/h1-4H,5-6H2,(H,19,21). The second kappa shape index (κ2) is 6.91. The van der Waals surface area contributed by atoms with Gasteiger partial charge in [-0.3, -0.25) is 9.59 Å². The molecular formula is C14H9ClF3NO5. The number of ether oxygens (including phenoxy) is 1. The fourth-order valence-corrected chi connectivity index (χ4v) is 1.85. The molecule has 6 nitrogen and oxygen atoms in total. The van der Waals surface area contributed by atoms with Crippen LogP contribution in [-0.2, 0) is 9.53 Å². The lowest BCUT2D eigenvalue weighted by Crippen LogP contribution is -2.36. The number of carbonyl (C=O) groups is 2. The summed E-state index contributed by atoms with van der Waals surface area (Å²) in [4.78, 5) is 34.8. The Morgan fingerprint density at radius 2 is 1.96 bits per heavy atom. The van der Waals surface area contributed by atoms with Gasteiger partial charge in [-0.2, -0.15) is 13.2 Å². The van der Waals surface area contributed by atoms with Gasteiger partial charge in [0, 0.05) is 11.1 Å². The minimum absolute atomic E-state index is 0.0698. The minimum Gasteiger partial charge on any atom is -0.450 e. The summed E-state index contributed by atoms with van der Waals surface area (Å²) in [5.41, 5.74) is -0.493. The molecule has 0 fully saturated rings. The van der Waals surface area contributed by atoms with Gasteiger partial charge < -0.3 is 14.5 Å². The molecule has 0 saturated carbocycles. The second-order valence-corrected chi connectivity index (χ2v) is 5.02. The summed E-state index contributed by atoms with van der Waals surface area (Å²) in [5.74, 6) is -2.79. The van der Waals surface area contributed by atoms with Crippen molar-refractivity contribution in [3.05, 3.63) is 45.3 Å². The fourth-order valence-electron chi connectivity index (χ4n) is 1.68. The second-order valence-electron chi connectivity index (χ2n) is 4.58. The van der Waals surface area contributed by atoms with Crippen molar-refractivity contribution >= 4 is 34.4 Å². The molecule has 2 rings (SSSR count). The molecule has 10 heteroatoms. The van der Waals surface area contributed by atoms with E-state index >= 15 is 0 Å². The van der Waals surface area contributed by atoms with E-state index in [4.69, 9.17) is 16.0 Å². The summed E-state index contributed by atoms with van der Waals surface area (Å²) in [6.07, 6.45) is -4.58. The molecule has 1 heterocycles. The topological polar surface area (TPSA) is 85.6 Å². The molecule has 0 atom stereocenters. The van der Waals surface area contributed by atoms with Gasteiger partial charge in [-0.05, 0) is 18.2 Å². The highest BCUT2D eigenvalue weighted by atomic mass is 35.5. The van der Waals surface area contributed by atoms with E-state index in [1.54, 1.807) is 0 Å². The summed E-state index contributed by atoms with van der Waals surface area (Å²) in [7, 11) is 0. The number of fused-ring (bicyclic) bond motifs is 1. The zero-order valence-corrected chi connectivity index (χ0v) is 12.5. The molecule has 0 bridgehead atoms. The van der Waals surface area contributed by atoms with Gasteiger partial charge in [-0.15, -0.1) is 0 Å². The first-order valence-corrected chi connectivity index (χ1v) is 6.77. The van der Waals surface area contributed by atoms with Gasteiger partial charge in [0.1, 0.15) is 12.1 Å². The lowest BCUT2D eigenvalue weighted by molar-refractivity contribution is -0.140. The van der Waals surface area contributed by atoms with E-state index in [1.807, 2.05) is 0 Å². The third kappa shape index (κ3) is 4.72. The third-order valence-electron chi connectivity index (χ3n) is 2.71. The van der Waals surface area contributed by atoms with Crippen LogP contribution >= 0.6 is 11.6 Å². The van der Waals surface area contributed by atoms with E-state index in [0.717, 1.165) is 6.07 Å². The van der Waals surface area contributed by atoms with Crippen LogP contribution in [0, 0.1) is 0 Å². The molecule has 0 unspecified atom stereocenters. The average Bonchev–Trinajstić information content (AvgIpc) is 2.50. The van der Waals surface area contributed by atoms with Crippen LogP contribution in [0.5, 0.6) is 0 Å². The molecule has 0 aliphatic carbocycles. The predicted molar refractivity (Wildman–Crippen MR) is 76.8 cm³/mol. The van der Waals surface area contributed by atoms with Gasteiger partial charge in [0.05, 0.1) is 5.39 Å². The molecule has 128 valence electrons. The summed E-state index contributed by atoms with van der Waals surface area (Å²) in [6, 6.07) is 5.00. The van der Waals surface area contributed by atoms with E-state index < -0.39 is 42.4 Å². The van der Waals surface area contributed by atoms with Crippen LogP contribution < -0.4 is 10.7 Å². The smallest absolute Gasteiger partial charge is 0.405 e. The summed E-state index contributed by atoms with van der Waals surface area (Å²) >= 11 is 5.74. The Kier molecular flexibility index (Phi) is 5.13. The van der Waals surface area contributed by atoms with Crippen LogP contribution in [0.15, 0.2) is 33.5 Å². The highest BCUT2D eigenvalue weighted by molar-refractivity contribution is 6.31. The number of carbonyl (C=O) groups excluding carboxylic acids is 2.